The first kappa shape index (κ1) is 14.2. The molecule has 2 unspecified atom stereocenters. The lowest BCUT2D eigenvalue weighted by Gasteiger charge is -2.50. The number of nitrogens with one attached hydrogen (secondary N) is 1. The molecular formula is C12H25N3O2S. The molecule has 3 aliphatic heterocycles. The van der Waals surface area contributed by atoms with Gasteiger partial charge in [0.15, 0.2) is 0 Å². The van der Waals surface area contributed by atoms with Crippen molar-refractivity contribution in [2.45, 2.75) is 24.9 Å². The second kappa shape index (κ2) is 5.86. The number of likely N-dealkylation sites (N-methyl/N-ethyl adjacent to an activating group) is 1. The van der Waals surface area contributed by atoms with Crippen LogP contribution in [0.1, 0.15) is 12.8 Å². The molecule has 0 amide bonds. The lowest BCUT2D eigenvalue weighted by molar-refractivity contribution is -0.00338. The fourth-order valence-corrected chi connectivity index (χ4v) is 3.82. The molecule has 0 aromatic rings. The number of rotatable bonds is 6. The van der Waals surface area contributed by atoms with Crippen LogP contribution in [0.5, 0.6) is 0 Å². The van der Waals surface area contributed by atoms with Gasteiger partial charge in [0.1, 0.15) is 9.84 Å². The summed E-state index contributed by atoms with van der Waals surface area (Å²) in [5.41, 5.74) is 0. The number of hydrogen-bond donors (Lipinski definition) is 1. The zero-order valence-electron chi connectivity index (χ0n) is 11.4. The van der Waals surface area contributed by atoms with Crippen LogP contribution in [-0.4, -0.2) is 82.1 Å². The minimum absolute atomic E-state index is 0.307. The van der Waals surface area contributed by atoms with Gasteiger partial charge in [-0.1, -0.05) is 0 Å². The summed E-state index contributed by atoms with van der Waals surface area (Å²) in [5, 5.41) is 3.38. The van der Waals surface area contributed by atoms with Gasteiger partial charge in [-0.2, -0.15) is 0 Å². The third-order valence-corrected chi connectivity index (χ3v) is 5.22. The van der Waals surface area contributed by atoms with Gasteiger partial charge in [-0.3, -0.25) is 9.80 Å². The average Bonchev–Trinajstić information content (AvgIpc) is 2.35. The molecule has 0 radical (unpaired) electrons. The van der Waals surface area contributed by atoms with E-state index in [2.05, 4.69) is 15.1 Å². The zero-order chi connectivity index (χ0) is 13.2. The van der Waals surface area contributed by atoms with E-state index in [1.165, 1.54) is 19.3 Å². The molecular weight excluding hydrogens is 250 g/mol. The monoisotopic (exact) mass is 275 g/mol. The predicted octanol–water partition coefficient (Wildman–Crippen LogP) is -0.601. The van der Waals surface area contributed by atoms with Crippen LogP contribution in [-0.2, 0) is 9.84 Å². The van der Waals surface area contributed by atoms with E-state index in [-0.39, 0.29) is 0 Å². The highest BCUT2D eigenvalue weighted by Crippen LogP contribution is 2.20. The second-order valence-electron chi connectivity index (χ2n) is 5.57. The molecule has 0 aromatic heterocycles. The second-order valence-corrected chi connectivity index (χ2v) is 7.83. The van der Waals surface area contributed by atoms with E-state index >= 15 is 0 Å². The highest BCUT2D eigenvalue weighted by molar-refractivity contribution is 7.90. The fourth-order valence-electron chi connectivity index (χ4n) is 3.13. The van der Waals surface area contributed by atoms with Gasteiger partial charge in [-0.15, -0.1) is 0 Å². The minimum Gasteiger partial charge on any atom is -0.315 e. The molecule has 0 saturated carbocycles. The standard InChI is InChI=1S/C12H25N3O2S/c1-13-11(4-3-9-18(2,16)17)12-10-14-5-7-15(12)8-6-14/h11-13H,3-10H2,1-2H3. The molecule has 0 aromatic carbocycles. The molecule has 106 valence electrons. The summed E-state index contributed by atoms with van der Waals surface area (Å²) >= 11 is 0. The maximum Gasteiger partial charge on any atom is 0.147 e. The quantitative estimate of drug-likeness (QED) is 0.701. The van der Waals surface area contributed by atoms with Crippen LogP contribution in [0.15, 0.2) is 0 Å². The zero-order valence-corrected chi connectivity index (χ0v) is 12.2. The summed E-state index contributed by atoms with van der Waals surface area (Å²) in [5.74, 6) is 0.307. The van der Waals surface area contributed by atoms with Gasteiger partial charge in [0, 0.05) is 56.8 Å². The van der Waals surface area contributed by atoms with E-state index in [4.69, 9.17) is 0 Å². The summed E-state index contributed by atoms with van der Waals surface area (Å²) in [4.78, 5) is 5.08. The van der Waals surface area contributed by atoms with Crippen molar-refractivity contribution in [3.63, 3.8) is 0 Å². The van der Waals surface area contributed by atoms with E-state index in [0.717, 1.165) is 32.5 Å². The molecule has 5 nitrogen and oxygen atoms in total. The Morgan fingerprint density at radius 3 is 2.39 bits per heavy atom. The molecule has 3 saturated heterocycles. The lowest BCUT2D eigenvalue weighted by atomic mass is 9.97. The minimum atomic E-state index is -2.82. The molecule has 3 fully saturated rings. The number of nitrogens with zero attached hydrogens (tertiary/aromatic N) is 2. The Bertz CT molecular complexity index is 364. The van der Waals surface area contributed by atoms with Gasteiger partial charge >= 0.3 is 0 Å². The van der Waals surface area contributed by atoms with E-state index in [1.807, 2.05) is 7.05 Å². The Morgan fingerprint density at radius 2 is 1.94 bits per heavy atom. The maximum absolute atomic E-state index is 11.2. The van der Waals surface area contributed by atoms with Gasteiger partial charge < -0.3 is 5.32 Å². The van der Waals surface area contributed by atoms with E-state index in [0.29, 0.717) is 17.8 Å². The lowest BCUT2D eigenvalue weighted by Crippen LogP contribution is -2.66. The Morgan fingerprint density at radius 1 is 1.28 bits per heavy atom. The molecule has 3 rings (SSSR count). The van der Waals surface area contributed by atoms with Crippen LogP contribution < -0.4 is 5.32 Å². The van der Waals surface area contributed by atoms with Crippen molar-refractivity contribution in [3.8, 4) is 0 Å². The van der Waals surface area contributed by atoms with Crippen LogP contribution in [0.3, 0.4) is 0 Å². The van der Waals surface area contributed by atoms with Crippen molar-refractivity contribution in [3.05, 3.63) is 0 Å². The summed E-state index contributed by atoms with van der Waals surface area (Å²) in [7, 11) is -0.831. The van der Waals surface area contributed by atoms with Crippen LogP contribution in [0.2, 0.25) is 0 Å². The highest BCUT2D eigenvalue weighted by Gasteiger charge is 2.35. The third kappa shape index (κ3) is 3.66. The van der Waals surface area contributed by atoms with Gasteiger partial charge in [0.05, 0.1) is 0 Å². The number of hydrogen-bond acceptors (Lipinski definition) is 5. The van der Waals surface area contributed by atoms with Gasteiger partial charge in [-0.25, -0.2) is 8.42 Å². The van der Waals surface area contributed by atoms with Crippen molar-refractivity contribution in [1.29, 1.82) is 0 Å². The number of sulfone groups is 1. The average molecular weight is 275 g/mol. The van der Waals surface area contributed by atoms with Crippen molar-refractivity contribution in [2.75, 3.05) is 51.8 Å². The van der Waals surface area contributed by atoms with Crippen LogP contribution in [0.25, 0.3) is 0 Å². The first-order valence-electron chi connectivity index (χ1n) is 6.81. The molecule has 3 aliphatic rings. The topological polar surface area (TPSA) is 52.7 Å². The molecule has 3 heterocycles. The van der Waals surface area contributed by atoms with Gasteiger partial charge in [-0.05, 0) is 19.9 Å². The van der Waals surface area contributed by atoms with E-state index in [1.54, 1.807) is 0 Å². The summed E-state index contributed by atoms with van der Waals surface area (Å²) in [6.07, 6.45) is 3.02. The molecule has 18 heavy (non-hydrogen) atoms. The maximum atomic E-state index is 11.2. The summed E-state index contributed by atoms with van der Waals surface area (Å²) in [6.45, 7) is 5.83. The molecule has 6 heteroatoms. The number of fused-ring (bicyclic) bond motifs is 3. The highest BCUT2D eigenvalue weighted by atomic mass is 32.2. The number of piperazine rings is 3. The van der Waals surface area contributed by atoms with E-state index in [9.17, 15) is 8.42 Å². The van der Waals surface area contributed by atoms with Crippen molar-refractivity contribution in [1.82, 2.24) is 15.1 Å². The molecule has 0 spiro atoms. The third-order valence-electron chi connectivity index (χ3n) is 4.19. The normalized spacial score (nSPS) is 33.6. The molecule has 2 atom stereocenters. The largest absolute Gasteiger partial charge is 0.315 e. The van der Waals surface area contributed by atoms with Gasteiger partial charge in [0.25, 0.3) is 0 Å². The smallest absolute Gasteiger partial charge is 0.147 e. The predicted molar refractivity (Wildman–Crippen MR) is 73.6 cm³/mol. The first-order chi connectivity index (χ1) is 8.49. The Labute approximate surface area is 110 Å². The van der Waals surface area contributed by atoms with Crippen LogP contribution in [0, 0.1) is 0 Å². The Hall–Kier alpha value is -0.170. The molecule has 0 aliphatic carbocycles. The Kier molecular flexibility index (Phi) is 4.64. The van der Waals surface area contributed by atoms with E-state index < -0.39 is 9.84 Å². The van der Waals surface area contributed by atoms with Crippen LogP contribution in [0.4, 0.5) is 0 Å². The molecule has 2 bridgehead atoms. The molecule has 1 N–H and O–H groups in total. The van der Waals surface area contributed by atoms with Crippen molar-refractivity contribution < 1.29 is 8.42 Å². The fraction of sp³-hybridized carbons (Fsp3) is 1.00. The Balaban J connectivity index is 1.85. The van der Waals surface area contributed by atoms with Crippen LogP contribution >= 0.6 is 0 Å². The van der Waals surface area contributed by atoms with Crippen molar-refractivity contribution >= 4 is 9.84 Å². The summed E-state index contributed by atoms with van der Waals surface area (Å²) < 4.78 is 22.3. The van der Waals surface area contributed by atoms with Gasteiger partial charge in [0.2, 0.25) is 0 Å². The first-order valence-corrected chi connectivity index (χ1v) is 8.87. The van der Waals surface area contributed by atoms with Crippen molar-refractivity contribution in [2.24, 2.45) is 0 Å². The summed E-state index contributed by atoms with van der Waals surface area (Å²) in [6, 6.07) is 0.965. The SMILES string of the molecule is CNC(CCCS(C)(=O)=O)C1CN2CCN1CC2.